The van der Waals surface area contributed by atoms with Gasteiger partial charge >= 0.3 is 0 Å². The number of hydrogen-bond acceptors (Lipinski definition) is 7. The number of nitrogens with two attached hydrogens (primary N) is 1. The Morgan fingerprint density at radius 3 is 2.62 bits per heavy atom. The van der Waals surface area contributed by atoms with Gasteiger partial charge in [0.1, 0.15) is 17.1 Å². The highest BCUT2D eigenvalue weighted by molar-refractivity contribution is 5.77. The van der Waals surface area contributed by atoms with Crippen LogP contribution in [-0.4, -0.2) is 27.6 Å². The van der Waals surface area contributed by atoms with Gasteiger partial charge in [-0.3, -0.25) is 9.97 Å². The Labute approximate surface area is 193 Å². The molecule has 5 heterocycles. The molecule has 6 rings (SSSR count). The van der Waals surface area contributed by atoms with Crippen molar-refractivity contribution in [2.45, 2.75) is 12.0 Å². The van der Waals surface area contributed by atoms with Crippen LogP contribution in [0, 0.1) is 11.8 Å². The summed E-state index contributed by atoms with van der Waals surface area (Å²) in [6.45, 7) is 0.318. The molecule has 0 amide bonds. The number of ether oxygens (including phenoxy) is 2. The van der Waals surface area contributed by atoms with Gasteiger partial charge in [0.15, 0.2) is 5.75 Å². The first-order valence-corrected chi connectivity index (χ1v) is 10.6. The molecule has 0 saturated heterocycles. The van der Waals surface area contributed by atoms with Crippen molar-refractivity contribution in [1.82, 2.24) is 15.0 Å². The average Bonchev–Trinajstić information content (AvgIpc) is 2.84. The molecular weight excluding hydrogens is 440 g/mol. The Morgan fingerprint density at radius 2 is 1.79 bits per heavy atom. The largest absolute Gasteiger partial charge is 0.465 e. The molecule has 2 N–H and O–H groups in total. The molecule has 0 radical (unpaired) electrons. The van der Waals surface area contributed by atoms with Crippen molar-refractivity contribution in [3.8, 4) is 33.9 Å². The van der Waals surface area contributed by atoms with Gasteiger partial charge < -0.3 is 15.2 Å². The predicted octanol–water partition coefficient (Wildman–Crippen LogP) is 4.57. The first kappa shape index (κ1) is 20.2. The van der Waals surface area contributed by atoms with Crippen LogP contribution >= 0.6 is 0 Å². The van der Waals surface area contributed by atoms with Gasteiger partial charge in [-0.1, -0.05) is 6.07 Å². The highest BCUT2D eigenvalue weighted by Gasteiger charge is 2.45. The zero-order valence-electron chi connectivity index (χ0n) is 17.7. The van der Waals surface area contributed by atoms with Crippen LogP contribution in [0.4, 0.5) is 8.78 Å². The van der Waals surface area contributed by atoms with E-state index < -0.39 is 17.3 Å². The fourth-order valence-corrected chi connectivity index (χ4v) is 4.50. The SMILES string of the molecule is NC1=N[C@@]2(CCO1)c1cc(-c3cccnc3F)ccc1Oc1cnc(-c3cncc(F)c3)cc12. The minimum absolute atomic E-state index is 0.0359. The average molecular weight is 457 g/mol. The van der Waals surface area contributed by atoms with E-state index in [-0.39, 0.29) is 6.02 Å². The zero-order chi connectivity index (χ0) is 23.3. The summed E-state index contributed by atoms with van der Waals surface area (Å²) in [5.74, 6) is 0.0128. The number of aliphatic imine (C=N–C) groups is 1. The predicted molar refractivity (Wildman–Crippen MR) is 120 cm³/mol. The fraction of sp³-hybridized carbons (Fsp3) is 0.120. The lowest BCUT2D eigenvalue weighted by molar-refractivity contribution is 0.219. The quantitative estimate of drug-likeness (QED) is 0.443. The molecule has 1 spiro atoms. The van der Waals surface area contributed by atoms with Gasteiger partial charge in [0.05, 0.1) is 24.7 Å². The summed E-state index contributed by atoms with van der Waals surface area (Å²) in [5.41, 5.74) is 8.49. The first-order chi connectivity index (χ1) is 16.5. The van der Waals surface area contributed by atoms with E-state index in [4.69, 9.17) is 20.2 Å². The number of pyridine rings is 3. The second-order valence-electron chi connectivity index (χ2n) is 8.02. The van der Waals surface area contributed by atoms with E-state index in [9.17, 15) is 8.78 Å². The van der Waals surface area contributed by atoms with Crippen LogP contribution in [0.5, 0.6) is 11.5 Å². The Hall–Kier alpha value is -4.40. The summed E-state index contributed by atoms with van der Waals surface area (Å²) in [7, 11) is 0. The Bertz CT molecular complexity index is 1480. The van der Waals surface area contributed by atoms with E-state index in [1.165, 1.54) is 18.5 Å². The van der Waals surface area contributed by atoms with Gasteiger partial charge in [-0.05, 0) is 42.0 Å². The van der Waals surface area contributed by atoms with Crippen LogP contribution in [0.3, 0.4) is 0 Å². The number of benzene rings is 1. The van der Waals surface area contributed by atoms with Crippen molar-refractivity contribution < 1.29 is 18.3 Å². The molecule has 3 aromatic heterocycles. The normalized spacial score (nSPS) is 18.4. The van der Waals surface area contributed by atoms with Crippen molar-refractivity contribution in [1.29, 1.82) is 0 Å². The van der Waals surface area contributed by atoms with Gasteiger partial charge in [-0.15, -0.1) is 0 Å². The molecule has 168 valence electrons. The van der Waals surface area contributed by atoms with Crippen LogP contribution in [0.2, 0.25) is 0 Å². The van der Waals surface area contributed by atoms with Crippen LogP contribution in [0.1, 0.15) is 17.5 Å². The Balaban J connectivity index is 1.58. The minimum Gasteiger partial charge on any atom is -0.465 e. The van der Waals surface area contributed by atoms with Gasteiger partial charge in [-0.2, -0.15) is 4.39 Å². The topological polar surface area (TPSA) is 95.5 Å². The molecular formula is C25H17F2N5O2. The molecule has 1 atom stereocenters. The summed E-state index contributed by atoms with van der Waals surface area (Å²) in [5, 5.41) is 0. The van der Waals surface area contributed by atoms with Gasteiger partial charge in [-0.25, -0.2) is 14.4 Å². The Kier molecular flexibility index (Phi) is 4.51. The summed E-state index contributed by atoms with van der Waals surface area (Å²) in [6, 6.07) is 11.9. The molecule has 7 nitrogen and oxygen atoms in total. The molecule has 1 aromatic carbocycles. The van der Waals surface area contributed by atoms with E-state index in [1.54, 1.807) is 36.5 Å². The smallest absolute Gasteiger partial charge is 0.283 e. The molecule has 4 aromatic rings. The number of rotatable bonds is 2. The number of fused-ring (bicyclic) bond motifs is 4. The lowest BCUT2D eigenvalue weighted by Crippen LogP contribution is -2.38. The van der Waals surface area contributed by atoms with E-state index in [0.717, 1.165) is 6.20 Å². The second-order valence-corrected chi connectivity index (χ2v) is 8.02. The molecule has 9 heteroatoms. The van der Waals surface area contributed by atoms with E-state index >= 15 is 0 Å². The molecule has 0 bridgehead atoms. The highest BCUT2D eigenvalue weighted by atomic mass is 19.1. The number of halogens is 2. The number of nitrogens with zero attached hydrogens (tertiary/aromatic N) is 4. The molecule has 0 aliphatic carbocycles. The first-order valence-electron chi connectivity index (χ1n) is 10.6. The van der Waals surface area contributed by atoms with Gasteiger partial charge in [0.2, 0.25) is 5.95 Å². The summed E-state index contributed by atoms with van der Waals surface area (Å²) >= 11 is 0. The third kappa shape index (κ3) is 3.16. The van der Waals surface area contributed by atoms with Crippen molar-refractivity contribution >= 4 is 6.02 Å². The standard InChI is InChI=1S/C25H17F2N5O2/c26-16-8-15(11-29-12-16)20-10-19-22(13-31-20)34-21-4-3-14(17-2-1-6-30-23(17)27)9-18(21)25(19)5-7-33-24(28)32-25/h1-4,6,8-13H,5,7H2,(H2,28,32)/t25-/m0/s1. The molecule has 2 aliphatic rings. The number of amidine groups is 1. The minimum atomic E-state index is -0.960. The third-order valence-electron chi connectivity index (χ3n) is 6.04. The second kappa shape index (κ2) is 7.58. The maximum atomic E-state index is 14.5. The van der Waals surface area contributed by atoms with Crippen LogP contribution < -0.4 is 10.5 Å². The van der Waals surface area contributed by atoms with E-state index in [0.29, 0.717) is 58.0 Å². The van der Waals surface area contributed by atoms with Crippen molar-refractivity contribution in [2.75, 3.05) is 6.61 Å². The number of hydrogen-bond donors (Lipinski definition) is 1. The third-order valence-corrected chi connectivity index (χ3v) is 6.04. The highest BCUT2D eigenvalue weighted by Crippen LogP contribution is 2.53. The lowest BCUT2D eigenvalue weighted by Gasteiger charge is -2.39. The summed E-state index contributed by atoms with van der Waals surface area (Å²) in [6.07, 6.45) is 6.10. The lowest BCUT2D eigenvalue weighted by atomic mass is 9.77. The molecule has 0 fully saturated rings. The molecule has 0 saturated carbocycles. The van der Waals surface area contributed by atoms with Gasteiger partial charge in [0.25, 0.3) is 6.02 Å². The zero-order valence-corrected chi connectivity index (χ0v) is 17.7. The molecule has 34 heavy (non-hydrogen) atoms. The van der Waals surface area contributed by atoms with Crippen LogP contribution in [-0.2, 0) is 10.3 Å². The van der Waals surface area contributed by atoms with Crippen LogP contribution in [0.25, 0.3) is 22.4 Å². The van der Waals surface area contributed by atoms with E-state index in [2.05, 4.69) is 15.0 Å². The Morgan fingerprint density at radius 1 is 0.912 bits per heavy atom. The summed E-state index contributed by atoms with van der Waals surface area (Å²) in [4.78, 5) is 16.9. The van der Waals surface area contributed by atoms with Crippen molar-refractivity contribution in [2.24, 2.45) is 10.7 Å². The van der Waals surface area contributed by atoms with Crippen molar-refractivity contribution in [3.63, 3.8) is 0 Å². The number of aromatic nitrogens is 3. The van der Waals surface area contributed by atoms with E-state index in [1.807, 2.05) is 6.07 Å². The molecule has 0 unspecified atom stereocenters. The van der Waals surface area contributed by atoms with Crippen molar-refractivity contribution in [3.05, 3.63) is 90.1 Å². The maximum absolute atomic E-state index is 14.5. The maximum Gasteiger partial charge on any atom is 0.283 e. The van der Waals surface area contributed by atoms with Crippen LogP contribution in [0.15, 0.2) is 72.2 Å². The monoisotopic (exact) mass is 457 g/mol. The van der Waals surface area contributed by atoms with Gasteiger partial charge in [0, 0.05) is 41.1 Å². The summed E-state index contributed by atoms with van der Waals surface area (Å²) < 4.78 is 39.9. The fourth-order valence-electron chi connectivity index (χ4n) is 4.50. The molecule has 2 aliphatic heterocycles.